The fourth-order valence-electron chi connectivity index (χ4n) is 3.87. The SMILES string of the molecule is CN(C)c1nc(-c2ccccc2)nc2c1CN(C(=O)c1ccc3c(c1)OCO3)CC2. The molecule has 0 fully saturated rings. The van der Waals surface area contributed by atoms with Crippen LogP contribution in [0.25, 0.3) is 11.4 Å². The molecule has 5 rings (SSSR count). The van der Waals surface area contributed by atoms with Crippen LogP contribution in [0.1, 0.15) is 21.6 Å². The molecule has 2 aromatic carbocycles. The van der Waals surface area contributed by atoms with Crippen molar-refractivity contribution in [2.45, 2.75) is 13.0 Å². The third-order valence-corrected chi connectivity index (χ3v) is 5.40. The molecule has 30 heavy (non-hydrogen) atoms. The second-order valence-corrected chi connectivity index (χ2v) is 7.60. The molecule has 0 N–H and O–H groups in total. The van der Waals surface area contributed by atoms with Gasteiger partial charge in [-0.3, -0.25) is 4.79 Å². The number of nitrogens with zero attached hydrogens (tertiary/aromatic N) is 4. The maximum absolute atomic E-state index is 13.2. The summed E-state index contributed by atoms with van der Waals surface area (Å²) in [4.78, 5) is 26.6. The van der Waals surface area contributed by atoms with E-state index in [-0.39, 0.29) is 12.7 Å². The number of benzene rings is 2. The fourth-order valence-corrected chi connectivity index (χ4v) is 3.87. The predicted octanol–water partition coefficient (Wildman–Crippen LogP) is 3.14. The van der Waals surface area contributed by atoms with Crippen LogP contribution in [0.4, 0.5) is 5.82 Å². The van der Waals surface area contributed by atoms with E-state index in [2.05, 4.69) is 0 Å². The number of amides is 1. The average Bonchev–Trinajstić information content (AvgIpc) is 3.26. The average molecular weight is 402 g/mol. The molecule has 152 valence electrons. The van der Waals surface area contributed by atoms with Crippen LogP contribution in [0.5, 0.6) is 11.5 Å². The van der Waals surface area contributed by atoms with Crippen molar-refractivity contribution in [3.05, 3.63) is 65.4 Å². The highest BCUT2D eigenvalue weighted by atomic mass is 16.7. The summed E-state index contributed by atoms with van der Waals surface area (Å²) in [5.74, 6) is 2.82. The third kappa shape index (κ3) is 3.22. The monoisotopic (exact) mass is 402 g/mol. The quantitative estimate of drug-likeness (QED) is 0.671. The van der Waals surface area contributed by atoms with Gasteiger partial charge in [0, 0.05) is 43.8 Å². The van der Waals surface area contributed by atoms with Gasteiger partial charge >= 0.3 is 0 Å². The summed E-state index contributed by atoms with van der Waals surface area (Å²) < 4.78 is 10.8. The van der Waals surface area contributed by atoms with E-state index in [1.54, 1.807) is 18.2 Å². The third-order valence-electron chi connectivity index (χ3n) is 5.40. The van der Waals surface area contributed by atoms with Gasteiger partial charge in [0.15, 0.2) is 17.3 Å². The standard InChI is InChI=1S/C23H22N4O3/c1-26(2)22-17-13-27(23(28)16-8-9-19-20(12-16)30-14-29-19)11-10-18(17)24-21(25-22)15-6-4-3-5-7-15/h3-9,12H,10-11,13-14H2,1-2H3. The highest BCUT2D eigenvalue weighted by molar-refractivity contribution is 5.95. The number of rotatable bonds is 3. The molecule has 3 heterocycles. The molecular formula is C23H22N4O3. The molecule has 0 spiro atoms. The number of aromatic nitrogens is 2. The van der Waals surface area contributed by atoms with Gasteiger partial charge in [0.05, 0.1) is 12.2 Å². The maximum atomic E-state index is 13.2. The summed E-state index contributed by atoms with van der Waals surface area (Å²) in [5, 5.41) is 0. The number of ether oxygens (including phenoxy) is 2. The molecule has 0 bridgehead atoms. The largest absolute Gasteiger partial charge is 0.454 e. The number of carbonyl (C=O) groups is 1. The molecule has 7 heteroatoms. The van der Waals surface area contributed by atoms with Crippen LogP contribution in [0.15, 0.2) is 48.5 Å². The van der Waals surface area contributed by atoms with Crippen LogP contribution in [-0.2, 0) is 13.0 Å². The Morgan fingerprint density at radius 3 is 2.63 bits per heavy atom. The highest BCUT2D eigenvalue weighted by Gasteiger charge is 2.28. The molecule has 1 amide bonds. The van der Waals surface area contributed by atoms with Gasteiger partial charge in [-0.25, -0.2) is 9.97 Å². The Morgan fingerprint density at radius 1 is 1.03 bits per heavy atom. The minimum absolute atomic E-state index is 0.0317. The molecule has 0 aliphatic carbocycles. The smallest absolute Gasteiger partial charge is 0.254 e. The fraction of sp³-hybridized carbons (Fsp3) is 0.261. The van der Waals surface area contributed by atoms with E-state index in [1.165, 1.54) is 0 Å². The number of hydrogen-bond acceptors (Lipinski definition) is 6. The van der Waals surface area contributed by atoms with Crippen molar-refractivity contribution >= 4 is 11.7 Å². The van der Waals surface area contributed by atoms with E-state index >= 15 is 0 Å². The molecular weight excluding hydrogens is 380 g/mol. The number of fused-ring (bicyclic) bond motifs is 2. The molecule has 0 saturated carbocycles. The van der Waals surface area contributed by atoms with Crippen molar-refractivity contribution < 1.29 is 14.3 Å². The number of anilines is 1. The molecule has 7 nitrogen and oxygen atoms in total. The Labute approximate surface area is 174 Å². The van der Waals surface area contributed by atoms with Crippen molar-refractivity contribution in [1.82, 2.24) is 14.9 Å². The Bertz CT molecular complexity index is 1110. The first kappa shape index (κ1) is 18.4. The topological polar surface area (TPSA) is 67.8 Å². The lowest BCUT2D eigenvalue weighted by molar-refractivity contribution is 0.0733. The van der Waals surface area contributed by atoms with Crippen molar-refractivity contribution in [2.75, 3.05) is 32.3 Å². The molecule has 0 atom stereocenters. The van der Waals surface area contributed by atoms with Gasteiger partial charge in [-0.2, -0.15) is 0 Å². The van der Waals surface area contributed by atoms with E-state index in [0.717, 1.165) is 22.6 Å². The van der Waals surface area contributed by atoms with Crippen LogP contribution >= 0.6 is 0 Å². The second-order valence-electron chi connectivity index (χ2n) is 7.60. The second kappa shape index (κ2) is 7.33. The Balaban J connectivity index is 1.46. The van der Waals surface area contributed by atoms with Gasteiger partial charge in [-0.15, -0.1) is 0 Å². The van der Waals surface area contributed by atoms with E-state index in [0.29, 0.717) is 42.4 Å². The highest BCUT2D eigenvalue weighted by Crippen LogP contribution is 2.34. The molecule has 2 aliphatic heterocycles. The van der Waals surface area contributed by atoms with Crippen molar-refractivity contribution in [1.29, 1.82) is 0 Å². The summed E-state index contributed by atoms with van der Waals surface area (Å²) in [6.45, 7) is 1.28. The van der Waals surface area contributed by atoms with Crippen LogP contribution in [-0.4, -0.2) is 48.2 Å². The van der Waals surface area contributed by atoms with Gasteiger partial charge in [0.2, 0.25) is 6.79 Å². The van der Waals surface area contributed by atoms with Crippen molar-refractivity contribution in [3.8, 4) is 22.9 Å². The molecule has 3 aromatic rings. The Morgan fingerprint density at radius 2 is 1.83 bits per heavy atom. The minimum atomic E-state index is -0.0317. The van der Waals surface area contributed by atoms with E-state index in [1.807, 2.05) is 54.2 Å². The lowest BCUT2D eigenvalue weighted by Crippen LogP contribution is -2.37. The summed E-state index contributed by atoms with van der Waals surface area (Å²) in [5.41, 5.74) is 3.58. The van der Waals surface area contributed by atoms with Gasteiger partial charge < -0.3 is 19.3 Å². The van der Waals surface area contributed by atoms with Gasteiger partial charge in [-0.05, 0) is 18.2 Å². The first-order valence-corrected chi connectivity index (χ1v) is 9.91. The maximum Gasteiger partial charge on any atom is 0.254 e. The summed E-state index contributed by atoms with van der Waals surface area (Å²) in [6.07, 6.45) is 0.689. The molecule has 0 radical (unpaired) electrons. The molecule has 0 unspecified atom stereocenters. The van der Waals surface area contributed by atoms with Gasteiger partial charge in [0.25, 0.3) is 5.91 Å². The van der Waals surface area contributed by atoms with Crippen molar-refractivity contribution in [3.63, 3.8) is 0 Å². The Hall–Kier alpha value is -3.61. The van der Waals surface area contributed by atoms with Gasteiger partial charge in [-0.1, -0.05) is 30.3 Å². The molecule has 0 saturated heterocycles. The zero-order valence-corrected chi connectivity index (χ0v) is 17.0. The van der Waals surface area contributed by atoms with E-state index in [9.17, 15) is 4.79 Å². The van der Waals surface area contributed by atoms with E-state index < -0.39 is 0 Å². The van der Waals surface area contributed by atoms with Gasteiger partial charge in [0.1, 0.15) is 5.82 Å². The van der Waals surface area contributed by atoms with Crippen LogP contribution in [0.3, 0.4) is 0 Å². The lowest BCUT2D eigenvalue weighted by atomic mass is 10.0. The molecule has 2 aliphatic rings. The zero-order valence-electron chi connectivity index (χ0n) is 17.0. The lowest BCUT2D eigenvalue weighted by Gasteiger charge is -2.31. The predicted molar refractivity (Wildman–Crippen MR) is 113 cm³/mol. The van der Waals surface area contributed by atoms with Crippen LogP contribution in [0, 0.1) is 0 Å². The van der Waals surface area contributed by atoms with Crippen LogP contribution in [0.2, 0.25) is 0 Å². The number of hydrogen-bond donors (Lipinski definition) is 0. The Kier molecular flexibility index (Phi) is 4.50. The minimum Gasteiger partial charge on any atom is -0.454 e. The first-order valence-electron chi connectivity index (χ1n) is 9.91. The summed E-state index contributed by atoms with van der Waals surface area (Å²) in [6, 6.07) is 15.3. The van der Waals surface area contributed by atoms with Crippen LogP contribution < -0.4 is 14.4 Å². The first-order chi connectivity index (χ1) is 14.6. The summed E-state index contributed by atoms with van der Waals surface area (Å²) in [7, 11) is 3.94. The van der Waals surface area contributed by atoms with Crippen molar-refractivity contribution in [2.24, 2.45) is 0 Å². The normalized spacial score (nSPS) is 14.4. The zero-order chi connectivity index (χ0) is 20.7. The number of carbonyl (C=O) groups excluding carboxylic acids is 1. The summed E-state index contributed by atoms with van der Waals surface area (Å²) >= 11 is 0. The molecule has 1 aromatic heterocycles. The van der Waals surface area contributed by atoms with E-state index in [4.69, 9.17) is 19.4 Å².